The van der Waals surface area contributed by atoms with Crippen LogP contribution in [0.3, 0.4) is 0 Å². The van der Waals surface area contributed by atoms with E-state index in [2.05, 4.69) is 63.6 Å². The Morgan fingerprint density at radius 3 is 2.12 bits per heavy atom. The van der Waals surface area contributed by atoms with Crippen molar-refractivity contribution >= 4 is 10.9 Å². The zero-order chi connectivity index (χ0) is 12.8. The molecule has 2 aromatic rings. The number of aromatic nitrogens is 2. The molecule has 1 N–H and O–H groups in total. The van der Waals surface area contributed by atoms with Crippen LogP contribution in [0.5, 0.6) is 0 Å². The van der Waals surface area contributed by atoms with E-state index in [-0.39, 0.29) is 10.8 Å². The van der Waals surface area contributed by atoms with E-state index in [9.17, 15) is 0 Å². The van der Waals surface area contributed by atoms with Gasteiger partial charge in [-0.25, -0.2) is 0 Å². The van der Waals surface area contributed by atoms with Gasteiger partial charge in [-0.15, -0.1) is 0 Å². The first-order chi connectivity index (χ1) is 7.68. The van der Waals surface area contributed by atoms with Gasteiger partial charge in [0.15, 0.2) is 0 Å². The molecule has 0 atom stereocenters. The van der Waals surface area contributed by atoms with Crippen LogP contribution in [-0.4, -0.2) is 9.97 Å². The van der Waals surface area contributed by atoms with Crippen molar-refractivity contribution in [3.63, 3.8) is 0 Å². The van der Waals surface area contributed by atoms with Crippen molar-refractivity contribution in [1.82, 2.24) is 9.97 Å². The molecule has 0 spiro atoms. The number of nitrogens with one attached hydrogen (secondary N) is 1. The van der Waals surface area contributed by atoms with Crippen molar-refractivity contribution in [2.45, 2.75) is 52.4 Å². The molecule has 0 aliphatic carbocycles. The molecule has 0 bridgehead atoms. The van der Waals surface area contributed by atoms with E-state index >= 15 is 0 Å². The average molecular weight is 230 g/mol. The highest BCUT2D eigenvalue weighted by Gasteiger charge is 2.19. The molecule has 2 nitrogen and oxygen atoms in total. The highest BCUT2D eigenvalue weighted by atomic mass is 14.8. The monoisotopic (exact) mass is 230 g/mol. The van der Waals surface area contributed by atoms with E-state index in [0.717, 1.165) is 5.69 Å². The summed E-state index contributed by atoms with van der Waals surface area (Å²) < 4.78 is 0. The molecule has 0 fully saturated rings. The van der Waals surface area contributed by atoms with Gasteiger partial charge in [0.05, 0.1) is 0 Å². The lowest BCUT2D eigenvalue weighted by Crippen LogP contribution is -2.13. The zero-order valence-corrected chi connectivity index (χ0v) is 11.7. The maximum Gasteiger partial charge on any atom is 0.0490 e. The first-order valence-corrected chi connectivity index (χ1v) is 6.18. The Labute approximate surface area is 103 Å². The number of nitrogens with zero attached hydrogens (tertiary/aromatic N) is 1. The molecule has 2 heteroatoms. The summed E-state index contributed by atoms with van der Waals surface area (Å²) in [5.74, 6) is 0. The maximum absolute atomic E-state index is 4.55. The molecule has 2 aromatic heterocycles. The standard InChI is InChI=1S/C15H22N2/c1-14(2,3)12-8-11-10(9-16-12)7-13(17-11)15(4,5)6/h7-9,17H,1-6H3. The van der Waals surface area contributed by atoms with Gasteiger partial charge in [0.2, 0.25) is 0 Å². The number of aromatic amines is 1. The Balaban J connectivity index is 2.56. The van der Waals surface area contributed by atoms with Gasteiger partial charge in [-0.05, 0) is 12.1 Å². The predicted molar refractivity (Wildman–Crippen MR) is 73.5 cm³/mol. The van der Waals surface area contributed by atoms with Crippen LogP contribution in [0.25, 0.3) is 10.9 Å². The normalized spacial score (nSPS) is 13.3. The summed E-state index contributed by atoms with van der Waals surface area (Å²) in [7, 11) is 0. The second kappa shape index (κ2) is 3.59. The topological polar surface area (TPSA) is 28.7 Å². The predicted octanol–water partition coefficient (Wildman–Crippen LogP) is 4.16. The molecular weight excluding hydrogens is 208 g/mol. The van der Waals surface area contributed by atoms with Crippen LogP contribution in [0, 0.1) is 0 Å². The summed E-state index contributed by atoms with van der Waals surface area (Å²) >= 11 is 0. The van der Waals surface area contributed by atoms with Crippen molar-refractivity contribution in [3.05, 3.63) is 29.7 Å². The summed E-state index contributed by atoms with van der Waals surface area (Å²) in [6.07, 6.45) is 1.97. The third-order valence-corrected chi connectivity index (χ3v) is 3.08. The van der Waals surface area contributed by atoms with E-state index < -0.39 is 0 Å². The van der Waals surface area contributed by atoms with Crippen LogP contribution in [0.15, 0.2) is 18.3 Å². The number of H-pyrrole nitrogens is 1. The van der Waals surface area contributed by atoms with Crippen LogP contribution < -0.4 is 0 Å². The number of pyridine rings is 1. The minimum Gasteiger partial charge on any atom is -0.358 e. The second-order valence-electron chi connectivity index (χ2n) is 6.84. The Hall–Kier alpha value is -1.31. The highest BCUT2D eigenvalue weighted by Crippen LogP contribution is 2.28. The summed E-state index contributed by atoms with van der Waals surface area (Å²) in [5.41, 5.74) is 3.84. The minimum absolute atomic E-state index is 0.0984. The molecule has 0 aromatic carbocycles. The van der Waals surface area contributed by atoms with Crippen molar-refractivity contribution < 1.29 is 0 Å². The van der Waals surface area contributed by atoms with Crippen LogP contribution in [0.4, 0.5) is 0 Å². The van der Waals surface area contributed by atoms with Gasteiger partial charge in [-0.2, -0.15) is 0 Å². The third-order valence-electron chi connectivity index (χ3n) is 3.08. The van der Waals surface area contributed by atoms with Gasteiger partial charge in [0, 0.05) is 39.3 Å². The Kier molecular flexibility index (Phi) is 2.57. The molecule has 0 saturated carbocycles. The minimum atomic E-state index is 0.0984. The lowest BCUT2D eigenvalue weighted by atomic mass is 9.91. The molecule has 0 aliphatic rings. The molecule has 17 heavy (non-hydrogen) atoms. The molecule has 92 valence electrons. The lowest BCUT2D eigenvalue weighted by Gasteiger charge is -2.17. The van der Waals surface area contributed by atoms with Crippen LogP contribution in [0.2, 0.25) is 0 Å². The van der Waals surface area contributed by atoms with E-state index in [1.54, 1.807) is 0 Å². The number of rotatable bonds is 0. The molecule has 2 heterocycles. The second-order valence-corrected chi connectivity index (χ2v) is 6.84. The zero-order valence-electron chi connectivity index (χ0n) is 11.7. The lowest BCUT2D eigenvalue weighted by molar-refractivity contribution is 0.569. The molecular formula is C15H22N2. The molecule has 0 saturated heterocycles. The molecule has 0 radical (unpaired) electrons. The molecule has 0 unspecified atom stereocenters. The van der Waals surface area contributed by atoms with Crippen LogP contribution >= 0.6 is 0 Å². The highest BCUT2D eigenvalue weighted by molar-refractivity contribution is 5.80. The van der Waals surface area contributed by atoms with Gasteiger partial charge in [-0.1, -0.05) is 41.5 Å². The number of hydrogen-bond acceptors (Lipinski definition) is 1. The fraction of sp³-hybridized carbons (Fsp3) is 0.533. The smallest absolute Gasteiger partial charge is 0.0490 e. The fourth-order valence-electron chi connectivity index (χ4n) is 1.84. The quantitative estimate of drug-likeness (QED) is 0.723. The largest absolute Gasteiger partial charge is 0.358 e. The van der Waals surface area contributed by atoms with Crippen molar-refractivity contribution in [2.75, 3.05) is 0 Å². The maximum atomic E-state index is 4.55. The Bertz CT molecular complexity index is 524. The molecule has 2 rings (SSSR count). The van der Waals surface area contributed by atoms with E-state index in [1.807, 2.05) is 6.20 Å². The summed E-state index contributed by atoms with van der Waals surface area (Å²) in [6, 6.07) is 4.37. The van der Waals surface area contributed by atoms with Crippen molar-refractivity contribution in [3.8, 4) is 0 Å². The molecule has 0 amide bonds. The van der Waals surface area contributed by atoms with Gasteiger partial charge in [-0.3, -0.25) is 4.98 Å². The van der Waals surface area contributed by atoms with Crippen LogP contribution in [0.1, 0.15) is 52.9 Å². The first kappa shape index (κ1) is 12.2. The van der Waals surface area contributed by atoms with E-state index in [4.69, 9.17) is 0 Å². The Morgan fingerprint density at radius 1 is 0.941 bits per heavy atom. The van der Waals surface area contributed by atoms with Crippen LogP contribution in [-0.2, 0) is 10.8 Å². The van der Waals surface area contributed by atoms with Gasteiger partial charge >= 0.3 is 0 Å². The van der Waals surface area contributed by atoms with Gasteiger partial charge < -0.3 is 4.98 Å². The summed E-state index contributed by atoms with van der Waals surface area (Å²) in [4.78, 5) is 8.06. The van der Waals surface area contributed by atoms with E-state index in [1.165, 1.54) is 16.6 Å². The van der Waals surface area contributed by atoms with Crippen molar-refractivity contribution in [1.29, 1.82) is 0 Å². The summed E-state index contributed by atoms with van der Waals surface area (Å²) in [6.45, 7) is 13.2. The van der Waals surface area contributed by atoms with Gasteiger partial charge in [0.25, 0.3) is 0 Å². The Morgan fingerprint density at radius 2 is 1.59 bits per heavy atom. The van der Waals surface area contributed by atoms with Crippen molar-refractivity contribution in [2.24, 2.45) is 0 Å². The number of fused-ring (bicyclic) bond motifs is 1. The first-order valence-electron chi connectivity index (χ1n) is 6.18. The average Bonchev–Trinajstić information content (AvgIpc) is 2.57. The van der Waals surface area contributed by atoms with Gasteiger partial charge in [0.1, 0.15) is 0 Å². The molecule has 0 aliphatic heterocycles. The van der Waals surface area contributed by atoms with E-state index in [0.29, 0.717) is 0 Å². The SMILES string of the molecule is CC(C)(C)c1cc2[nH]c(C(C)(C)C)cc2cn1. The third kappa shape index (κ3) is 2.36. The summed E-state index contributed by atoms with van der Waals surface area (Å²) in [5, 5.41) is 1.20. The number of hydrogen-bond donors (Lipinski definition) is 1. The fourth-order valence-corrected chi connectivity index (χ4v) is 1.84.